The number of pyridine rings is 3. The van der Waals surface area contributed by atoms with Crippen molar-refractivity contribution in [3.8, 4) is 56.0 Å². The number of nitrogens with zero attached hydrogens (tertiary/aromatic N) is 3. The molecule has 0 saturated carbocycles. The van der Waals surface area contributed by atoms with Crippen LogP contribution in [0.2, 0.25) is 0 Å². The minimum atomic E-state index is -2.70. The molecule has 470 valence electrons. The second kappa shape index (κ2) is 27.3. The monoisotopic (exact) mass is 1380 g/mol. The Kier molecular flexibility index (Phi) is 18.1. The van der Waals surface area contributed by atoms with Crippen molar-refractivity contribution in [3.05, 3.63) is 245 Å². The molecule has 9 aromatic rings. The maximum absolute atomic E-state index is 10.7. The first-order valence-corrected chi connectivity index (χ1v) is 32.1. The molecule has 0 bridgehead atoms. The summed E-state index contributed by atoms with van der Waals surface area (Å²) in [5.74, 6) is 0. The zero-order valence-electron chi connectivity index (χ0n) is 64.2. The zero-order valence-corrected chi connectivity index (χ0v) is 59.6. The molecule has 0 aliphatic carbocycles. The molecule has 4 heteroatoms. The number of rotatable bonds is 18. The Balaban J connectivity index is 0.0000120. The van der Waals surface area contributed by atoms with Crippen molar-refractivity contribution in [1.29, 1.82) is 0 Å². The van der Waals surface area contributed by atoms with Crippen LogP contribution >= 0.6 is 0 Å². The van der Waals surface area contributed by atoms with Gasteiger partial charge < -0.3 is 15.0 Å². The van der Waals surface area contributed by atoms with Crippen molar-refractivity contribution in [3.63, 3.8) is 0 Å². The van der Waals surface area contributed by atoms with Crippen molar-refractivity contribution >= 4 is 0 Å². The third-order valence-electron chi connectivity index (χ3n) is 16.9. The van der Waals surface area contributed by atoms with E-state index in [0.29, 0.717) is 35.2 Å². The first-order valence-electron chi connectivity index (χ1n) is 35.6. The topological polar surface area (TPSA) is 38.7 Å². The first-order chi connectivity index (χ1) is 44.3. The minimum absolute atomic E-state index is 0. The number of aromatic nitrogens is 3. The van der Waals surface area contributed by atoms with Crippen molar-refractivity contribution < 1.29 is 29.7 Å². The van der Waals surface area contributed by atoms with Gasteiger partial charge in [-0.1, -0.05) is 221 Å². The van der Waals surface area contributed by atoms with Crippen LogP contribution in [0.4, 0.5) is 0 Å². The van der Waals surface area contributed by atoms with Gasteiger partial charge in [-0.25, -0.2) is 0 Å². The summed E-state index contributed by atoms with van der Waals surface area (Å²) in [5, 5.41) is 0. The number of benzene rings is 6. The molecule has 0 atom stereocenters. The summed E-state index contributed by atoms with van der Waals surface area (Å²) in [6.45, 7) is 38.6. The van der Waals surface area contributed by atoms with E-state index in [4.69, 9.17) is 19.1 Å². The van der Waals surface area contributed by atoms with Crippen LogP contribution in [0.5, 0.6) is 0 Å². The van der Waals surface area contributed by atoms with Gasteiger partial charge in [-0.05, 0) is 169 Å². The molecule has 0 aliphatic heterocycles. The fraction of sp³-hybridized carbons (Fsp3) is 0.407. The van der Waals surface area contributed by atoms with E-state index in [0.717, 1.165) is 81.6 Å². The summed E-state index contributed by atoms with van der Waals surface area (Å²) < 4.78 is 66.5. The molecule has 90 heavy (non-hydrogen) atoms. The normalized spacial score (nSPS) is 14.5. The fourth-order valence-corrected chi connectivity index (χ4v) is 13.9. The van der Waals surface area contributed by atoms with E-state index >= 15 is 0 Å². The molecule has 0 N–H and O–H groups in total. The largest absolute Gasteiger partial charge is 3.00 e. The summed E-state index contributed by atoms with van der Waals surface area (Å²) >= 11 is 0. The van der Waals surface area contributed by atoms with E-state index in [1.807, 2.05) is 66.7 Å². The molecular weight excluding hydrogens is 1270 g/mol. The van der Waals surface area contributed by atoms with Crippen molar-refractivity contribution in [1.82, 2.24) is 15.0 Å². The molecule has 0 unspecified atom stereocenters. The van der Waals surface area contributed by atoms with Gasteiger partial charge in [-0.2, -0.15) is 0 Å². The second-order valence-electron chi connectivity index (χ2n) is 32.5. The minimum Gasteiger partial charge on any atom is -0.304 e. The molecule has 3 aromatic heterocycles. The van der Waals surface area contributed by atoms with Gasteiger partial charge >= 0.3 is 20.1 Å². The summed E-state index contributed by atoms with van der Waals surface area (Å²) in [5.41, 5.74) is 12.7. The third kappa shape index (κ3) is 18.3. The van der Waals surface area contributed by atoms with E-state index in [2.05, 4.69) is 222 Å². The number of hydrogen-bond acceptors (Lipinski definition) is 3. The molecule has 3 nitrogen and oxygen atoms in total. The number of aryl methyl sites for hydroxylation is 3. The molecule has 0 spiro atoms. The van der Waals surface area contributed by atoms with Gasteiger partial charge in [-0.3, -0.25) is 0 Å². The molecule has 6 aromatic carbocycles. The SMILES string of the molecule is [2H]C([2H])([2H])c1ccc(-c2cccc(-c3cc(-c4[c-]cccc4)ncc3C([2H])([2H])C([2H])([2H])c3cc(CC(CC(C)(C)C)(CC(C)(C)C)c4ccc(-c5[c-]cc(C(C)(C)C)cc5)nc4)cc(CC(CC(C)(C)C)(CC(C)(C)C)c4ccc(-c5[c-]cc(C(C)(C)C)cc5)nc4)c3)c2)cc1.[Ir+3]. The van der Waals surface area contributed by atoms with E-state index in [-0.39, 0.29) is 69.3 Å². The van der Waals surface area contributed by atoms with Gasteiger partial charge in [-0.15, -0.1) is 107 Å². The Morgan fingerprint density at radius 2 is 0.844 bits per heavy atom. The van der Waals surface area contributed by atoms with E-state index in [9.17, 15) is 5.48 Å². The predicted molar refractivity (Wildman–Crippen MR) is 379 cm³/mol. The molecule has 0 radical (unpaired) electrons. The van der Waals surface area contributed by atoms with Gasteiger partial charge in [0.1, 0.15) is 0 Å². The van der Waals surface area contributed by atoms with Crippen LogP contribution in [0, 0.1) is 46.7 Å². The van der Waals surface area contributed by atoms with E-state index in [1.165, 1.54) is 17.3 Å². The van der Waals surface area contributed by atoms with Crippen LogP contribution in [0.1, 0.15) is 210 Å². The summed E-state index contributed by atoms with van der Waals surface area (Å²) in [6.07, 6.45) is 4.47. The van der Waals surface area contributed by atoms with Crippen LogP contribution in [0.15, 0.2) is 176 Å². The maximum atomic E-state index is 10.7. The van der Waals surface area contributed by atoms with Crippen LogP contribution in [0.25, 0.3) is 56.0 Å². The summed E-state index contributed by atoms with van der Waals surface area (Å²) in [4.78, 5) is 15.4. The predicted octanol–water partition coefficient (Wildman–Crippen LogP) is 23.0. The average molecular weight is 1380 g/mol. The van der Waals surface area contributed by atoms with Crippen LogP contribution < -0.4 is 0 Å². The average Bonchev–Trinajstić information content (AvgIpc) is 0.749. The van der Waals surface area contributed by atoms with Gasteiger partial charge in [0.25, 0.3) is 0 Å². The second-order valence-corrected chi connectivity index (χ2v) is 32.5. The molecule has 0 fully saturated rings. The molecule has 0 aliphatic rings. The maximum Gasteiger partial charge on any atom is 3.00 e. The first kappa shape index (κ1) is 59.7. The van der Waals surface area contributed by atoms with E-state index in [1.54, 1.807) is 24.3 Å². The van der Waals surface area contributed by atoms with Gasteiger partial charge in [0.05, 0.1) is 0 Å². The van der Waals surface area contributed by atoms with Gasteiger partial charge in [0, 0.05) is 39.0 Å². The zero-order chi connectivity index (χ0) is 70.5. The Morgan fingerprint density at radius 3 is 1.26 bits per heavy atom. The van der Waals surface area contributed by atoms with Crippen molar-refractivity contribution in [2.24, 2.45) is 21.7 Å². The Bertz CT molecular complexity index is 3920. The molecule has 0 amide bonds. The number of hydrogen-bond donors (Lipinski definition) is 0. The standard InChI is InChI=1S/C86H102N3.Ir/c1-60-28-31-64(32-29-60)68-26-23-27-69(49-68)75-50-78(65-24-21-20-22-25-65)87-53-70(75)33-30-61-46-62(51-85(56-79(2,3)4,57-80(5,6)7)73-42-44-76(88-54-73)66-34-38-71(39-35-66)83(14,15)16)48-63(47-61)52-86(58-81(8,9)10,59-82(11,12)13)74-43-45-77(89-55-74)67-36-40-72(41-37-67)84(17,18)19;/h20-24,26-29,31-32,34,36,38-50,53-55H,30,33,51-52,56-59H2,1-19H3;/q-3;+3/i1D3,30D2,33D2;. The van der Waals surface area contributed by atoms with Gasteiger partial charge in [0.2, 0.25) is 0 Å². The summed E-state index contributed by atoms with van der Waals surface area (Å²) in [7, 11) is 0. The van der Waals surface area contributed by atoms with Gasteiger partial charge in [0.15, 0.2) is 0 Å². The third-order valence-corrected chi connectivity index (χ3v) is 16.9. The van der Waals surface area contributed by atoms with E-state index < -0.39 is 30.4 Å². The fourth-order valence-electron chi connectivity index (χ4n) is 13.9. The van der Waals surface area contributed by atoms with Crippen LogP contribution in [0.3, 0.4) is 0 Å². The Hall–Kier alpha value is -6.58. The molecular formula is C86H102IrN3. The van der Waals surface area contributed by atoms with Crippen LogP contribution in [-0.2, 0) is 67.4 Å². The summed E-state index contributed by atoms with van der Waals surface area (Å²) in [6, 6.07) is 62.1. The molecule has 3 heterocycles. The Morgan fingerprint density at radius 1 is 0.389 bits per heavy atom. The quantitative estimate of drug-likeness (QED) is 0.0804. The Labute approximate surface area is 568 Å². The molecule has 9 rings (SSSR count). The molecule has 0 saturated heterocycles. The van der Waals surface area contributed by atoms with Crippen molar-refractivity contribution in [2.45, 2.75) is 204 Å². The van der Waals surface area contributed by atoms with Crippen LogP contribution in [-0.4, -0.2) is 15.0 Å². The van der Waals surface area contributed by atoms with Crippen molar-refractivity contribution in [2.75, 3.05) is 0 Å². The smallest absolute Gasteiger partial charge is 0.304 e.